The summed E-state index contributed by atoms with van der Waals surface area (Å²) in [5.74, 6) is 0. The molecule has 0 bridgehead atoms. The average Bonchev–Trinajstić information content (AvgIpc) is 2.76. The van der Waals surface area contributed by atoms with Gasteiger partial charge in [-0.15, -0.1) is 11.3 Å². The normalized spacial score (nSPS) is 19.4. The number of nitrogens with one attached hydrogen (secondary N) is 1. The second kappa shape index (κ2) is 4.21. The summed E-state index contributed by atoms with van der Waals surface area (Å²) in [6.07, 6.45) is 1.14. The van der Waals surface area contributed by atoms with E-state index in [0.717, 1.165) is 18.0 Å². The number of hydrogen-bond acceptors (Lipinski definition) is 2. The summed E-state index contributed by atoms with van der Waals surface area (Å²) in [4.78, 5) is 1.50. The molecule has 16 heavy (non-hydrogen) atoms. The molecule has 0 saturated heterocycles. The number of halogens is 1. The Labute approximate surface area is 104 Å². The van der Waals surface area contributed by atoms with Gasteiger partial charge in [-0.1, -0.05) is 23.7 Å². The Kier molecular flexibility index (Phi) is 2.72. The number of thiophene rings is 1. The van der Waals surface area contributed by atoms with Gasteiger partial charge < -0.3 is 5.32 Å². The summed E-state index contributed by atoms with van der Waals surface area (Å²) < 4.78 is 0. The fourth-order valence-electron chi connectivity index (χ4n) is 2.23. The van der Waals surface area contributed by atoms with Crippen LogP contribution in [0.4, 0.5) is 0 Å². The van der Waals surface area contributed by atoms with E-state index in [1.807, 2.05) is 29.5 Å². The molecule has 0 saturated carbocycles. The van der Waals surface area contributed by atoms with Crippen LogP contribution >= 0.6 is 22.9 Å². The van der Waals surface area contributed by atoms with E-state index in [4.69, 9.17) is 11.6 Å². The van der Waals surface area contributed by atoms with Gasteiger partial charge in [0.25, 0.3) is 0 Å². The van der Waals surface area contributed by atoms with Gasteiger partial charge in [0.2, 0.25) is 0 Å². The second-order valence-corrected chi connectivity index (χ2v) is 5.43. The molecule has 1 nitrogen and oxygen atoms in total. The third kappa shape index (κ3) is 1.77. The Morgan fingerprint density at radius 3 is 3.12 bits per heavy atom. The van der Waals surface area contributed by atoms with Crippen molar-refractivity contribution in [1.82, 2.24) is 5.32 Å². The van der Waals surface area contributed by atoms with Gasteiger partial charge in [0, 0.05) is 16.4 Å². The molecule has 1 aliphatic heterocycles. The third-order valence-corrected chi connectivity index (χ3v) is 4.21. The summed E-state index contributed by atoms with van der Waals surface area (Å²) in [7, 11) is 0. The van der Waals surface area contributed by atoms with E-state index >= 15 is 0 Å². The van der Waals surface area contributed by atoms with Gasteiger partial charge in [-0.3, -0.25) is 0 Å². The molecule has 2 heterocycles. The molecular weight excluding hydrogens is 238 g/mol. The zero-order chi connectivity index (χ0) is 11.0. The van der Waals surface area contributed by atoms with E-state index in [1.54, 1.807) is 0 Å². The quantitative estimate of drug-likeness (QED) is 0.814. The van der Waals surface area contributed by atoms with Crippen LogP contribution in [-0.4, -0.2) is 6.54 Å². The highest BCUT2D eigenvalue weighted by molar-refractivity contribution is 7.10. The Bertz CT molecular complexity index is 506. The fraction of sp³-hybridized carbons (Fsp3) is 0.231. The molecule has 3 heteroatoms. The van der Waals surface area contributed by atoms with Crippen molar-refractivity contribution < 1.29 is 0 Å². The van der Waals surface area contributed by atoms with Crippen molar-refractivity contribution in [2.75, 3.05) is 6.54 Å². The maximum absolute atomic E-state index is 6.04. The van der Waals surface area contributed by atoms with Crippen LogP contribution in [0, 0.1) is 0 Å². The highest BCUT2D eigenvalue weighted by Gasteiger charge is 2.21. The van der Waals surface area contributed by atoms with Gasteiger partial charge in [0.1, 0.15) is 0 Å². The summed E-state index contributed by atoms with van der Waals surface area (Å²) >= 11 is 7.89. The zero-order valence-corrected chi connectivity index (χ0v) is 10.3. The van der Waals surface area contributed by atoms with E-state index in [-0.39, 0.29) is 0 Å². The minimum absolute atomic E-state index is 0.314. The first kappa shape index (κ1) is 10.3. The van der Waals surface area contributed by atoms with Gasteiger partial charge >= 0.3 is 0 Å². The molecule has 2 aromatic rings. The van der Waals surface area contributed by atoms with Gasteiger partial charge in [0.05, 0.1) is 6.04 Å². The lowest BCUT2D eigenvalue weighted by molar-refractivity contribution is 0.575. The van der Waals surface area contributed by atoms with Crippen LogP contribution in [-0.2, 0) is 6.42 Å². The van der Waals surface area contributed by atoms with Crippen LogP contribution in [0.3, 0.4) is 0 Å². The number of fused-ring (bicyclic) bond motifs is 1. The van der Waals surface area contributed by atoms with Gasteiger partial charge in [-0.25, -0.2) is 0 Å². The van der Waals surface area contributed by atoms with Crippen LogP contribution in [0.2, 0.25) is 5.02 Å². The number of rotatable bonds is 1. The molecule has 0 aliphatic carbocycles. The minimum Gasteiger partial charge on any atom is -0.306 e. The van der Waals surface area contributed by atoms with Crippen molar-refractivity contribution in [3.63, 3.8) is 0 Å². The maximum Gasteiger partial charge on any atom is 0.0588 e. The molecule has 0 radical (unpaired) electrons. The SMILES string of the molecule is Clc1cccc(C2NCCc3sccc32)c1. The average molecular weight is 250 g/mol. The van der Waals surface area contributed by atoms with E-state index in [9.17, 15) is 0 Å². The largest absolute Gasteiger partial charge is 0.306 e. The van der Waals surface area contributed by atoms with Crippen molar-refractivity contribution in [2.45, 2.75) is 12.5 Å². The molecule has 0 fully saturated rings. The van der Waals surface area contributed by atoms with Crippen molar-refractivity contribution in [3.05, 3.63) is 56.7 Å². The monoisotopic (exact) mass is 249 g/mol. The standard InChI is InChI=1S/C13H12ClNS/c14-10-3-1-2-9(8-10)13-11-5-7-16-12(11)4-6-15-13/h1-3,5,7-8,13,15H,4,6H2. The van der Waals surface area contributed by atoms with Crippen LogP contribution in [0.15, 0.2) is 35.7 Å². The second-order valence-electron chi connectivity index (χ2n) is 3.99. The molecule has 1 atom stereocenters. The predicted octanol–water partition coefficient (Wildman–Crippen LogP) is 3.64. The first-order valence-corrected chi connectivity index (χ1v) is 6.65. The topological polar surface area (TPSA) is 12.0 Å². The first-order chi connectivity index (χ1) is 7.84. The molecule has 1 aromatic carbocycles. The lowest BCUT2D eigenvalue weighted by Gasteiger charge is -2.24. The van der Waals surface area contributed by atoms with Gasteiger partial charge in [-0.05, 0) is 41.1 Å². The lowest BCUT2D eigenvalue weighted by Crippen LogP contribution is -2.29. The highest BCUT2D eigenvalue weighted by Crippen LogP contribution is 2.32. The van der Waals surface area contributed by atoms with Crippen molar-refractivity contribution >= 4 is 22.9 Å². The summed E-state index contributed by atoms with van der Waals surface area (Å²) in [5, 5.41) is 6.54. The Morgan fingerprint density at radius 2 is 2.25 bits per heavy atom. The van der Waals surface area contributed by atoms with Crippen molar-refractivity contribution in [1.29, 1.82) is 0 Å². The summed E-state index contributed by atoms with van der Waals surface area (Å²) in [6.45, 7) is 1.05. The first-order valence-electron chi connectivity index (χ1n) is 5.40. The lowest BCUT2D eigenvalue weighted by atomic mass is 9.95. The van der Waals surface area contributed by atoms with E-state index in [0.29, 0.717) is 6.04 Å². The molecule has 0 spiro atoms. The van der Waals surface area contributed by atoms with Crippen LogP contribution in [0.1, 0.15) is 22.0 Å². The van der Waals surface area contributed by atoms with E-state index in [2.05, 4.69) is 22.8 Å². The zero-order valence-electron chi connectivity index (χ0n) is 8.74. The Balaban J connectivity index is 2.04. The fourth-order valence-corrected chi connectivity index (χ4v) is 3.35. The molecule has 3 rings (SSSR count). The van der Waals surface area contributed by atoms with Crippen molar-refractivity contribution in [2.24, 2.45) is 0 Å². The molecule has 82 valence electrons. The van der Waals surface area contributed by atoms with Crippen LogP contribution in [0.5, 0.6) is 0 Å². The number of hydrogen-bond donors (Lipinski definition) is 1. The maximum atomic E-state index is 6.04. The molecular formula is C13H12ClNS. The molecule has 1 unspecified atom stereocenters. The highest BCUT2D eigenvalue weighted by atomic mass is 35.5. The molecule has 1 N–H and O–H groups in total. The van der Waals surface area contributed by atoms with Crippen LogP contribution in [0.25, 0.3) is 0 Å². The minimum atomic E-state index is 0.314. The van der Waals surface area contributed by atoms with Crippen LogP contribution < -0.4 is 5.32 Å². The molecule has 1 aliphatic rings. The molecule has 0 amide bonds. The van der Waals surface area contributed by atoms with Gasteiger partial charge in [-0.2, -0.15) is 0 Å². The predicted molar refractivity (Wildman–Crippen MR) is 69.3 cm³/mol. The third-order valence-electron chi connectivity index (χ3n) is 2.97. The Hall–Kier alpha value is -0.830. The Morgan fingerprint density at radius 1 is 1.31 bits per heavy atom. The van der Waals surface area contributed by atoms with E-state index in [1.165, 1.54) is 16.0 Å². The van der Waals surface area contributed by atoms with Crippen molar-refractivity contribution in [3.8, 4) is 0 Å². The number of benzene rings is 1. The summed E-state index contributed by atoms with van der Waals surface area (Å²) in [5.41, 5.74) is 2.67. The van der Waals surface area contributed by atoms with Gasteiger partial charge in [0.15, 0.2) is 0 Å². The van der Waals surface area contributed by atoms with E-state index < -0.39 is 0 Å². The molecule has 1 aromatic heterocycles. The smallest absolute Gasteiger partial charge is 0.0588 e. The summed E-state index contributed by atoms with van der Waals surface area (Å²) in [6, 6.07) is 10.6.